The zero-order valence-corrected chi connectivity index (χ0v) is 15.7. The Morgan fingerprint density at radius 2 is 1.82 bits per heavy atom. The molecular weight excluding hydrogens is 374 g/mol. The fourth-order valence-electron chi connectivity index (χ4n) is 3.12. The highest BCUT2D eigenvalue weighted by molar-refractivity contribution is 7.99. The molecule has 5 rings (SSSR count). The molecule has 28 heavy (non-hydrogen) atoms. The minimum atomic E-state index is -0.159. The molecule has 3 aromatic heterocycles. The first-order valence-electron chi connectivity index (χ1n) is 8.74. The van der Waals surface area contributed by atoms with Crippen LogP contribution < -0.4 is 5.56 Å². The summed E-state index contributed by atoms with van der Waals surface area (Å²) in [4.78, 5) is 22.9. The molecular formula is C20H15N5O2S. The second kappa shape index (κ2) is 6.65. The Morgan fingerprint density at radius 1 is 1.04 bits per heavy atom. The molecule has 0 spiro atoms. The molecule has 2 aromatic carbocycles. The predicted octanol–water partition coefficient (Wildman–Crippen LogP) is 4.31. The van der Waals surface area contributed by atoms with Crippen LogP contribution in [0, 0.1) is 0 Å². The van der Waals surface area contributed by atoms with Crippen molar-refractivity contribution in [3.05, 3.63) is 70.9 Å². The highest BCUT2D eigenvalue weighted by atomic mass is 32.2. The molecule has 3 heterocycles. The number of nitrogens with zero attached hydrogens (tertiary/aromatic N) is 3. The quantitative estimate of drug-likeness (QED) is 0.444. The van der Waals surface area contributed by atoms with Gasteiger partial charge in [0.15, 0.2) is 0 Å². The van der Waals surface area contributed by atoms with Crippen molar-refractivity contribution in [3.8, 4) is 11.5 Å². The van der Waals surface area contributed by atoms with E-state index in [9.17, 15) is 4.79 Å². The van der Waals surface area contributed by atoms with Gasteiger partial charge in [-0.2, -0.15) is 0 Å². The van der Waals surface area contributed by atoms with Crippen molar-refractivity contribution < 1.29 is 4.42 Å². The van der Waals surface area contributed by atoms with Crippen molar-refractivity contribution >= 4 is 33.6 Å². The highest BCUT2D eigenvalue weighted by Crippen LogP contribution is 2.35. The zero-order valence-electron chi connectivity index (χ0n) is 14.8. The van der Waals surface area contributed by atoms with E-state index < -0.39 is 0 Å². The lowest BCUT2D eigenvalue weighted by atomic mass is 10.2. The van der Waals surface area contributed by atoms with E-state index in [4.69, 9.17) is 4.42 Å². The van der Waals surface area contributed by atoms with Crippen molar-refractivity contribution in [1.82, 2.24) is 25.1 Å². The molecule has 7 nitrogen and oxygen atoms in total. The summed E-state index contributed by atoms with van der Waals surface area (Å²) in [5, 5.41) is 10.2. The number of H-pyrrole nitrogens is 2. The van der Waals surface area contributed by atoms with Crippen LogP contribution in [0.3, 0.4) is 0 Å². The second-order valence-corrected chi connectivity index (χ2v) is 7.64. The summed E-state index contributed by atoms with van der Waals surface area (Å²) < 4.78 is 5.85. The maximum atomic E-state index is 12.3. The average molecular weight is 389 g/mol. The number of rotatable bonds is 4. The Hall–Kier alpha value is -3.39. The van der Waals surface area contributed by atoms with Crippen LogP contribution in [0.1, 0.15) is 18.0 Å². The van der Waals surface area contributed by atoms with Gasteiger partial charge in [0.25, 0.3) is 16.7 Å². The Morgan fingerprint density at radius 3 is 2.71 bits per heavy atom. The van der Waals surface area contributed by atoms with E-state index >= 15 is 0 Å². The summed E-state index contributed by atoms with van der Waals surface area (Å²) in [5.74, 6) is 1.02. The summed E-state index contributed by atoms with van der Waals surface area (Å²) in [6.07, 6.45) is 1.86. The number of fused-ring (bicyclic) bond motifs is 2. The summed E-state index contributed by atoms with van der Waals surface area (Å²) >= 11 is 1.35. The summed E-state index contributed by atoms with van der Waals surface area (Å²) in [6, 6.07) is 15.2. The molecule has 0 aliphatic heterocycles. The smallest absolute Gasteiger partial charge is 0.277 e. The van der Waals surface area contributed by atoms with Gasteiger partial charge in [-0.1, -0.05) is 42.1 Å². The number of hydrogen-bond acceptors (Lipinski definition) is 6. The van der Waals surface area contributed by atoms with Gasteiger partial charge < -0.3 is 14.4 Å². The predicted molar refractivity (Wildman–Crippen MR) is 108 cm³/mol. The van der Waals surface area contributed by atoms with Crippen LogP contribution in [-0.2, 0) is 0 Å². The van der Waals surface area contributed by atoms with Gasteiger partial charge >= 0.3 is 0 Å². The first kappa shape index (κ1) is 16.8. The van der Waals surface area contributed by atoms with Crippen LogP contribution >= 0.6 is 11.8 Å². The van der Waals surface area contributed by atoms with Gasteiger partial charge in [-0.25, -0.2) is 4.98 Å². The van der Waals surface area contributed by atoms with Crippen molar-refractivity contribution in [2.45, 2.75) is 17.4 Å². The van der Waals surface area contributed by atoms with E-state index in [0.717, 1.165) is 16.5 Å². The van der Waals surface area contributed by atoms with Crippen molar-refractivity contribution in [2.24, 2.45) is 0 Å². The maximum Gasteiger partial charge on any atom is 0.277 e. The lowest BCUT2D eigenvalue weighted by Gasteiger charge is -2.08. The SMILES string of the molecule is CC(Sc1nnc(-c2c[nH]c3ccccc23)o1)c1nc2ccccc2c(=O)[nH]1. The number of aromatic amines is 2. The van der Waals surface area contributed by atoms with E-state index in [1.807, 2.05) is 55.6 Å². The van der Waals surface area contributed by atoms with E-state index in [0.29, 0.717) is 27.8 Å². The Labute approximate surface area is 163 Å². The molecule has 138 valence electrons. The maximum absolute atomic E-state index is 12.3. The third-order valence-electron chi connectivity index (χ3n) is 4.52. The molecule has 0 aliphatic carbocycles. The van der Waals surface area contributed by atoms with Crippen molar-refractivity contribution in [1.29, 1.82) is 0 Å². The van der Waals surface area contributed by atoms with Gasteiger partial charge in [-0.3, -0.25) is 4.79 Å². The van der Waals surface area contributed by atoms with Gasteiger partial charge in [0.2, 0.25) is 0 Å². The third-order valence-corrected chi connectivity index (χ3v) is 5.46. The topological polar surface area (TPSA) is 100 Å². The number of hydrogen-bond donors (Lipinski definition) is 2. The molecule has 8 heteroatoms. The molecule has 1 unspecified atom stereocenters. The van der Waals surface area contributed by atoms with Crippen LogP contribution in [0.5, 0.6) is 0 Å². The molecule has 0 fully saturated rings. The number of thioether (sulfide) groups is 1. The fourth-order valence-corrected chi connectivity index (χ4v) is 3.86. The average Bonchev–Trinajstić information content (AvgIpc) is 3.34. The van der Waals surface area contributed by atoms with Crippen LogP contribution in [-0.4, -0.2) is 25.1 Å². The number of nitrogens with one attached hydrogen (secondary N) is 2. The van der Waals surface area contributed by atoms with E-state index in [-0.39, 0.29) is 10.8 Å². The van der Waals surface area contributed by atoms with Gasteiger partial charge in [0.1, 0.15) is 5.82 Å². The van der Waals surface area contributed by atoms with Gasteiger partial charge in [-0.05, 0) is 25.1 Å². The molecule has 0 bridgehead atoms. The molecule has 0 saturated heterocycles. The Bertz CT molecular complexity index is 1350. The summed E-state index contributed by atoms with van der Waals surface area (Å²) in [6.45, 7) is 1.94. The van der Waals surface area contributed by atoms with Crippen molar-refractivity contribution in [3.63, 3.8) is 0 Å². The van der Waals surface area contributed by atoms with Crippen molar-refractivity contribution in [2.75, 3.05) is 0 Å². The first-order chi connectivity index (χ1) is 13.7. The molecule has 0 radical (unpaired) electrons. The van der Waals surface area contributed by atoms with E-state index in [2.05, 4.69) is 25.1 Å². The fraction of sp³-hybridized carbons (Fsp3) is 0.100. The number of aromatic nitrogens is 5. The van der Waals surface area contributed by atoms with E-state index in [1.54, 1.807) is 6.07 Å². The standard InChI is InChI=1S/C20H15N5O2S/c1-11(17-22-16-9-5-3-7-13(16)18(26)23-17)28-20-25-24-19(27-20)14-10-21-15-8-4-2-6-12(14)15/h2-11,21H,1H3,(H,22,23,26). The van der Waals surface area contributed by atoms with Gasteiger partial charge in [0, 0.05) is 17.1 Å². The Balaban J connectivity index is 1.43. The normalized spacial score (nSPS) is 12.6. The van der Waals surface area contributed by atoms with Crippen LogP contribution in [0.2, 0.25) is 0 Å². The highest BCUT2D eigenvalue weighted by Gasteiger charge is 2.18. The van der Waals surface area contributed by atoms with Gasteiger partial charge in [0.05, 0.1) is 21.7 Å². The molecule has 5 aromatic rings. The van der Waals surface area contributed by atoms with Crippen LogP contribution in [0.4, 0.5) is 0 Å². The molecule has 0 saturated carbocycles. The third kappa shape index (κ3) is 2.87. The Kier molecular flexibility index (Phi) is 3.98. The summed E-state index contributed by atoms with van der Waals surface area (Å²) in [5.41, 5.74) is 2.38. The molecule has 0 amide bonds. The second-order valence-electron chi connectivity index (χ2n) is 6.35. The zero-order chi connectivity index (χ0) is 19.1. The monoisotopic (exact) mass is 389 g/mol. The van der Waals surface area contributed by atoms with Crippen LogP contribution in [0.25, 0.3) is 33.3 Å². The minimum Gasteiger partial charge on any atom is -0.411 e. The summed E-state index contributed by atoms with van der Waals surface area (Å²) in [7, 11) is 0. The lowest BCUT2D eigenvalue weighted by molar-refractivity contribution is 0.465. The molecule has 0 aliphatic rings. The molecule has 1 atom stereocenters. The van der Waals surface area contributed by atoms with Crippen LogP contribution in [0.15, 0.2) is 69.2 Å². The van der Waals surface area contributed by atoms with E-state index in [1.165, 1.54) is 11.8 Å². The number of benzene rings is 2. The first-order valence-corrected chi connectivity index (χ1v) is 9.62. The molecule has 2 N–H and O–H groups in total. The lowest BCUT2D eigenvalue weighted by Crippen LogP contribution is -2.12. The largest absolute Gasteiger partial charge is 0.411 e. The minimum absolute atomic E-state index is 0.155. The number of para-hydroxylation sites is 2. The van der Waals surface area contributed by atoms with Gasteiger partial charge in [-0.15, -0.1) is 10.2 Å².